The number of ether oxygens (including phenoxy) is 1. The lowest BCUT2D eigenvalue weighted by atomic mass is 9.93. The summed E-state index contributed by atoms with van der Waals surface area (Å²) in [4.78, 5) is 12.4. The summed E-state index contributed by atoms with van der Waals surface area (Å²) < 4.78 is 21.1. The third kappa shape index (κ3) is 4.11. The van der Waals surface area contributed by atoms with Crippen molar-refractivity contribution in [3.8, 4) is 11.4 Å². The van der Waals surface area contributed by atoms with E-state index in [-0.39, 0.29) is 18.0 Å². The number of amidine groups is 1. The van der Waals surface area contributed by atoms with Crippen molar-refractivity contribution in [1.82, 2.24) is 14.5 Å². The van der Waals surface area contributed by atoms with E-state index in [4.69, 9.17) is 9.57 Å². The maximum absolute atomic E-state index is 13.5. The van der Waals surface area contributed by atoms with E-state index in [0.29, 0.717) is 0 Å². The first-order valence-electron chi connectivity index (χ1n) is 11.2. The second-order valence-electron chi connectivity index (χ2n) is 8.54. The second kappa shape index (κ2) is 8.73. The van der Waals surface area contributed by atoms with Crippen LogP contribution in [0.4, 0.5) is 4.39 Å². The number of halogens is 1. The van der Waals surface area contributed by atoms with Crippen LogP contribution in [0.1, 0.15) is 42.6 Å². The normalized spacial score (nSPS) is 21.4. The lowest BCUT2D eigenvalue weighted by Crippen LogP contribution is -2.47. The van der Waals surface area contributed by atoms with Gasteiger partial charge in [0.05, 0.1) is 30.9 Å². The molecule has 7 heteroatoms. The predicted molar refractivity (Wildman–Crippen MR) is 126 cm³/mol. The van der Waals surface area contributed by atoms with E-state index in [2.05, 4.69) is 27.2 Å². The van der Waals surface area contributed by atoms with Crippen LogP contribution in [0.2, 0.25) is 0 Å². The molecule has 3 aromatic rings. The first-order chi connectivity index (χ1) is 16.0. The minimum Gasteiger partial charge on any atom is -0.495 e. The maximum Gasteiger partial charge on any atom is 0.172 e. The van der Waals surface area contributed by atoms with Crippen LogP contribution in [-0.4, -0.2) is 40.0 Å². The van der Waals surface area contributed by atoms with Crippen LogP contribution >= 0.6 is 0 Å². The van der Waals surface area contributed by atoms with Crippen molar-refractivity contribution in [2.24, 2.45) is 5.16 Å². The number of methoxy groups -OCH3 is 1. The van der Waals surface area contributed by atoms with E-state index in [9.17, 15) is 4.39 Å². The predicted octanol–water partition coefficient (Wildman–Crippen LogP) is 5.28. The minimum atomic E-state index is -0.237. The molecule has 0 spiro atoms. The molecular formula is C26H27FN4O2. The molecule has 2 aromatic carbocycles. The van der Waals surface area contributed by atoms with Crippen LogP contribution in [0.25, 0.3) is 11.8 Å². The number of aromatic nitrogens is 2. The van der Waals surface area contributed by atoms with Gasteiger partial charge in [0, 0.05) is 12.7 Å². The monoisotopic (exact) mass is 446 g/mol. The molecular weight excluding hydrogens is 419 g/mol. The third-order valence-corrected chi connectivity index (χ3v) is 6.24. The zero-order valence-corrected chi connectivity index (χ0v) is 19.0. The minimum absolute atomic E-state index is 0.0109. The number of fused-ring (bicyclic) bond motifs is 1. The largest absolute Gasteiger partial charge is 0.495 e. The molecule has 1 saturated heterocycles. The number of benzene rings is 2. The summed E-state index contributed by atoms with van der Waals surface area (Å²) in [6.07, 6.45) is 7.70. The van der Waals surface area contributed by atoms with Crippen LogP contribution < -0.4 is 4.74 Å². The molecule has 0 bridgehead atoms. The van der Waals surface area contributed by atoms with Gasteiger partial charge in [-0.05, 0) is 73.7 Å². The highest BCUT2D eigenvalue weighted by molar-refractivity contribution is 6.03. The van der Waals surface area contributed by atoms with E-state index >= 15 is 0 Å². The number of hydrogen-bond acceptors (Lipinski definition) is 5. The van der Waals surface area contributed by atoms with Crippen LogP contribution in [-0.2, 0) is 4.84 Å². The van der Waals surface area contributed by atoms with Gasteiger partial charge in [0.1, 0.15) is 17.7 Å². The Kier molecular flexibility index (Phi) is 5.62. The van der Waals surface area contributed by atoms with Gasteiger partial charge in [-0.25, -0.2) is 9.37 Å². The van der Waals surface area contributed by atoms with Gasteiger partial charge < -0.3 is 19.0 Å². The fourth-order valence-corrected chi connectivity index (χ4v) is 4.67. The van der Waals surface area contributed by atoms with Crippen molar-refractivity contribution < 1.29 is 14.0 Å². The quantitative estimate of drug-likeness (QED) is 0.547. The van der Waals surface area contributed by atoms with Crippen molar-refractivity contribution >= 4 is 11.9 Å². The van der Waals surface area contributed by atoms with Gasteiger partial charge in [0.25, 0.3) is 0 Å². The average molecular weight is 447 g/mol. The smallest absolute Gasteiger partial charge is 0.172 e. The molecule has 1 fully saturated rings. The number of aryl methyl sites for hydroxylation is 1. The van der Waals surface area contributed by atoms with Crippen molar-refractivity contribution in [3.63, 3.8) is 0 Å². The average Bonchev–Trinajstić information content (AvgIpc) is 3.26. The molecule has 2 atom stereocenters. The lowest BCUT2D eigenvalue weighted by molar-refractivity contribution is -0.00944. The summed E-state index contributed by atoms with van der Waals surface area (Å²) in [6, 6.07) is 12.8. The van der Waals surface area contributed by atoms with Crippen molar-refractivity contribution in [2.45, 2.75) is 38.8 Å². The van der Waals surface area contributed by atoms with Crippen LogP contribution in [0.3, 0.4) is 0 Å². The third-order valence-electron chi connectivity index (χ3n) is 6.24. The molecule has 0 saturated carbocycles. The van der Waals surface area contributed by atoms with Gasteiger partial charge in [-0.3, -0.25) is 0 Å². The maximum atomic E-state index is 13.5. The number of piperidine rings is 1. The lowest BCUT2D eigenvalue weighted by Gasteiger charge is -2.43. The van der Waals surface area contributed by atoms with Gasteiger partial charge >= 0.3 is 0 Å². The summed E-state index contributed by atoms with van der Waals surface area (Å²) >= 11 is 0. The van der Waals surface area contributed by atoms with E-state index in [1.165, 1.54) is 12.1 Å². The standard InChI is InChI=1S/C26H27FN4O2/c1-17-15-30(16-28-17)23-11-6-19(14-24(23)32-3)13-21-5-4-12-31-25(18(2)33-29-26(21)31)20-7-9-22(27)10-8-20/h6-11,13-16,18,25H,4-5,12H2,1-3H3. The van der Waals surface area contributed by atoms with E-state index in [1.807, 2.05) is 48.9 Å². The van der Waals surface area contributed by atoms with Gasteiger partial charge in [-0.2, -0.15) is 0 Å². The number of imidazole rings is 1. The Morgan fingerprint density at radius 1 is 1.18 bits per heavy atom. The summed E-state index contributed by atoms with van der Waals surface area (Å²) in [7, 11) is 1.68. The number of rotatable bonds is 4. The van der Waals surface area contributed by atoms with E-state index in [1.54, 1.807) is 13.4 Å². The van der Waals surface area contributed by atoms with Gasteiger partial charge in [-0.1, -0.05) is 23.4 Å². The Labute approximate surface area is 192 Å². The molecule has 1 aromatic heterocycles. The molecule has 0 amide bonds. The molecule has 2 aliphatic rings. The van der Waals surface area contributed by atoms with E-state index < -0.39 is 0 Å². The summed E-state index contributed by atoms with van der Waals surface area (Å²) in [5.74, 6) is 1.38. The Bertz CT molecular complexity index is 1220. The van der Waals surface area contributed by atoms with Gasteiger partial charge in [0.2, 0.25) is 0 Å². The van der Waals surface area contributed by atoms with Crippen molar-refractivity contribution in [1.29, 1.82) is 0 Å². The molecule has 0 radical (unpaired) electrons. The van der Waals surface area contributed by atoms with Gasteiger partial charge in [-0.15, -0.1) is 0 Å². The molecule has 0 N–H and O–H groups in total. The second-order valence-corrected chi connectivity index (χ2v) is 8.54. The van der Waals surface area contributed by atoms with E-state index in [0.717, 1.165) is 59.1 Å². The van der Waals surface area contributed by atoms with Crippen LogP contribution in [0.15, 0.2) is 65.7 Å². The fourth-order valence-electron chi connectivity index (χ4n) is 4.67. The van der Waals surface area contributed by atoms with Crippen LogP contribution in [0, 0.1) is 12.7 Å². The molecule has 5 rings (SSSR count). The molecule has 0 aliphatic carbocycles. The van der Waals surface area contributed by atoms with Crippen LogP contribution in [0.5, 0.6) is 5.75 Å². The SMILES string of the molecule is COc1cc(C=C2CCCN3C2=NOC(C)C3c2ccc(F)cc2)ccc1-n1cnc(C)c1. The Hall–Kier alpha value is -3.61. The van der Waals surface area contributed by atoms with Crippen molar-refractivity contribution in [2.75, 3.05) is 13.7 Å². The zero-order chi connectivity index (χ0) is 22.9. The highest BCUT2D eigenvalue weighted by Crippen LogP contribution is 2.36. The Morgan fingerprint density at radius 3 is 2.73 bits per heavy atom. The Morgan fingerprint density at radius 2 is 2.00 bits per heavy atom. The summed E-state index contributed by atoms with van der Waals surface area (Å²) in [5, 5.41) is 4.47. The number of oxime groups is 1. The molecule has 2 unspecified atom stereocenters. The molecule has 3 heterocycles. The zero-order valence-electron chi connectivity index (χ0n) is 19.0. The molecule has 2 aliphatic heterocycles. The summed E-state index contributed by atoms with van der Waals surface area (Å²) in [5.41, 5.74) is 5.07. The Balaban J connectivity index is 1.47. The molecule has 6 nitrogen and oxygen atoms in total. The first kappa shape index (κ1) is 21.2. The highest BCUT2D eigenvalue weighted by atomic mass is 19.1. The fraction of sp³-hybridized carbons (Fsp3) is 0.308. The summed E-state index contributed by atoms with van der Waals surface area (Å²) in [6.45, 7) is 4.85. The van der Waals surface area contributed by atoms with Gasteiger partial charge in [0.15, 0.2) is 5.84 Å². The molecule has 33 heavy (non-hydrogen) atoms. The topological polar surface area (TPSA) is 51.9 Å². The highest BCUT2D eigenvalue weighted by Gasteiger charge is 2.37. The number of hydrogen-bond donors (Lipinski definition) is 0. The molecule has 170 valence electrons. The first-order valence-corrected chi connectivity index (χ1v) is 11.2. The number of nitrogens with zero attached hydrogens (tertiary/aromatic N) is 4. The van der Waals surface area contributed by atoms with Crippen molar-refractivity contribution in [3.05, 3.63) is 83.2 Å².